The minimum Gasteiger partial charge on any atom is -0.452 e. The summed E-state index contributed by atoms with van der Waals surface area (Å²) in [5.74, 6) is -0.562. The van der Waals surface area contributed by atoms with E-state index in [1.165, 1.54) is 12.1 Å². The van der Waals surface area contributed by atoms with Gasteiger partial charge in [0.25, 0.3) is 11.6 Å². The molecular weight excluding hydrogens is 350 g/mol. The first-order chi connectivity index (χ1) is 12.9. The lowest BCUT2D eigenvalue weighted by atomic mass is 9.99. The van der Waals surface area contributed by atoms with Crippen molar-refractivity contribution in [3.05, 3.63) is 33.9 Å². The first kappa shape index (κ1) is 20.7. The molecule has 1 amide bonds. The molecule has 0 bridgehead atoms. The second-order valence-corrected chi connectivity index (χ2v) is 6.80. The number of likely N-dealkylation sites (N-methyl/N-ethyl adjacent to an activating group) is 1. The van der Waals surface area contributed by atoms with Gasteiger partial charge in [-0.3, -0.25) is 14.9 Å². The van der Waals surface area contributed by atoms with E-state index in [2.05, 4.69) is 6.92 Å². The summed E-state index contributed by atoms with van der Waals surface area (Å²) in [7, 11) is 0. The van der Waals surface area contributed by atoms with E-state index in [0.29, 0.717) is 24.7 Å². The van der Waals surface area contributed by atoms with Crippen molar-refractivity contribution in [1.82, 2.24) is 4.90 Å². The number of amides is 1. The minimum absolute atomic E-state index is 0.0721. The number of carbonyl (C=O) groups excluding carboxylic acids is 2. The van der Waals surface area contributed by atoms with Crippen LogP contribution in [0.15, 0.2) is 18.2 Å². The van der Waals surface area contributed by atoms with Gasteiger partial charge < -0.3 is 14.5 Å². The van der Waals surface area contributed by atoms with Gasteiger partial charge in [0, 0.05) is 32.2 Å². The molecule has 1 atom stereocenters. The molecule has 1 fully saturated rings. The van der Waals surface area contributed by atoms with E-state index in [4.69, 9.17) is 4.74 Å². The van der Waals surface area contributed by atoms with Crippen molar-refractivity contribution in [3.8, 4) is 0 Å². The number of ether oxygens (including phenoxy) is 1. The molecule has 0 radical (unpaired) electrons. The summed E-state index contributed by atoms with van der Waals surface area (Å²) < 4.78 is 5.05. The van der Waals surface area contributed by atoms with Crippen LogP contribution in [0.25, 0.3) is 0 Å². The van der Waals surface area contributed by atoms with E-state index in [1.807, 2.05) is 18.7 Å². The smallest absolute Gasteiger partial charge is 0.338 e. The lowest BCUT2D eigenvalue weighted by Crippen LogP contribution is -2.35. The molecular formula is C19H27N3O5. The average molecular weight is 377 g/mol. The molecule has 1 aromatic rings. The fourth-order valence-electron chi connectivity index (χ4n) is 3.35. The van der Waals surface area contributed by atoms with Gasteiger partial charge in [-0.2, -0.15) is 0 Å². The lowest BCUT2D eigenvalue weighted by molar-refractivity contribution is -0.384. The molecule has 0 N–H and O–H groups in total. The normalized spacial score (nSPS) is 16.7. The van der Waals surface area contributed by atoms with Crippen LogP contribution in [0.1, 0.15) is 44.0 Å². The molecule has 8 heteroatoms. The number of piperidine rings is 1. The van der Waals surface area contributed by atoms with Gasteiger partial charge in [-0.05, 0) is 44.7 Å². The highest BCUT2D eigenvalue weighted by atomic mass is 16.6. The molecule has 1 aromatic carbocycles. The predicted molar refractivity (Wildman–Crippen MR) is 102 cm³/mol. The maximum Gasteiger partial charge on any atom is 0.338 e. The van der Waals surface area contributed by atoms with Crippen molar-refractivity contribution in [2.45, 2.75) is 33.6 Å². The van der Waals surface area contributed by atoms with Crippen LogP contribution in [-0.4, -0.2) is 54.5 Å². The van der Waals surface area contributed by atoms with Crippen molar-refractivity contribution in [2.75, 3.05) is 37.7 Å². The van der Waals surface area contributed by atoms with Crippen LogP contribution < -0.4 is 4.90 Å². The first-order valence-electron chi connectivity index (χ1n) is 9.35. The monoisotopic (exact) mass is 377 g/mol. The summed E-state index contributed by atoms with van der Waals surface area (Å²) in [5.41, 5.74) is 0.471. The van der Waals surface area contributed by atoms with Gasteiger partial charge in [0.15, 0.2) is 6.61 Å². The highest BCUT2D eigenvalue weighted by Crippen LogP contribution is 2.32. The largest absolute Gasteiger partial charge is 0.452 e. The van der Waals surface area contributed by atoms with Crippen molar-refractivity contribution >= 4 is 23.3 Å². The zero-order valence-electron chi connectivity index (χ0n) is 16.1. The van der Waals surface area contributed by atoms with Crippen LogP contribution in [0.4, 0.5) is 11.4 Å². The van der Waals surface area contributed by atoms with Gasteiger partial charge in [0.1, 0.15) is 5.69 Å². The van der Waals surface area contributed by atoms with Crippen LogP contribution in [0.3, 0.4) is 0 Å². The van der Waals surface area contributed by atoms with Crippen molar-refractivity contribution in [3.63, 3.8) is 0 Å². The average Bonchev–Trinajstić information content (AvgIpc) is 2.66. The molecule has 1 aliphatic heterocycles. The van der Waals surface area contributed by atoms with E-state index in [0.717, 1.165) is 25.9 Å². The summed E-state index contributed by atoms with van der Waals surface area (Å²) in [4.78, 5) is 38.8. The van der Waals surface area contributed by atoms with Gasteiger partial charge in [-0.15, -0.1) is 0 Å². The number of nitro groups is 1. The fourth-order valence-corrected chi connectivity index (χ4v) is 3.35. The quantitative estimate of drug-likeness (QED) is 0.412. The molecule has 0 spiro atoms. The zero-order valence-corrected chi connectivity index (χ0v) is 16.1. The first-order valence-corrected chi connectivity index (χ1v) is 9.35. The number of benzene rings is 1. The van der Waals surface area contributed by atoms with E-state index >= 15 is 0 Å². The van der Waals surface area contributed by atoms with Gasteiger partial charge in [-0.1, -0.05) is 6.92 Å². The Hall–Kier alpha value is -2.64. The Kier molecular flexibility index (Phi) is 7.15. The number of nitrogens with zero attached hydrogens (tertiary/aromatic N) is 3. The summed E-state index contributed by atoms with van der Waals surface area (Å²) in [6, 6.07) is 4.35. The standard InChI is InChI=1S/C19H27N3O5/c1-4-20(5-2)18(23)13-27-19(24)15-8-9-16(17(11-15)22(25)26)21-10-6-7-14(3)12-21/h8-9,11,14H,4-7,10,12-13H2,1-3H3/t14-/m0/s1. The summed E-state index contributed by atoms with van der Waals surface area (Å²) in [5, 5.41) is 11.5. The Bertz CT molecular complexity index is 703. The van der Waals surface area contributed by atoms with Crippen LogP contribution in [-0.2, 0) is 9.53 Å². The molecule has 0 unspecified atom stereocenters. The van der Waals surface area contributed by atoms with Crippen LogP contribution in [0, 0.1) is 16.0 Å². The number of rotatable bonds is 7. The van der Waals surface area contributed by atoms with Gasteiger partial charge in [0.2, 0.25) is 0 Å². The second-order valence-electron chi connectivity index (χ2n) is 6.80. The summed E-state index contributed by atoms with van der Waals surface area (Å²) >= 11 is 0. The molecule has 0 saturated carbocycles. The molecule has 1 saturated heterocycles. The molecule has 8 nitrogen and oxygen atoms in total. The highest BCUT2D eigenvalue weighted by molar-refractivity contribution is 5.93. The van der Waals surface area contributed by atoms with E-state index < -0.39 is 10.9 Å². The van der Waals surface area contributed by atoms with Crippen LogP contribution in [0.2, 0.25) is 0 Å². The predicted octanol–water partition coefficient (Wildman–Crippen LogP) is 2.86. The van der Waals surface area contributed by atoms with Crippen molar-refractivity contribution in [1.29, 1.82) is 0 Å². The maximum absolute atomic E-state index is 12.2. The molecule has 0 aliphatic carbocycles. The third kappa shape index (κ3) is 5.18. The number of hydrogen-bond acceptors (Lipinski definition) is 6. The van der Waals surface area contributed by atoms with E-state index in [9.17, 15) is 19.7 Å². The van der Waals surface area contributed by atoms with Gasteiger partial charge in [0.05, 0.1) is 10.5 Å². The summed E-state index contributed by atoms with van der Waals surface area (Å²) in [6.45, 7) is 7.99. The molecule has 1 heterocycles. The molecule has 148 valence electrons. The number of hydrogen-bond donors (Lipinski definition) is 0. The Labute approximate surface area is 159 Å². The second kappa shape index (κ2) is 9.34. The maximum atomic E-state index is 12.2. The Morgan fingerprint density at radius 3 is 2.63 bits per heavy atom. The molecule has 27 heavy (non-hydrogen) atoms. The third-order valence-corrected chi connectivity index (χ3v) is 4.85. The minimum atomic E-state index is -0.739. The Balaban J connectivity index is 2.13. The lowest BCUT2D eigenvalue weighted by Gasteiger charge is -2.32. The number of carbonyl (C=O) groups is 2. The molecule has 0 aromatic heterocycles. The SMILES string of the molecule is CCN(CC)C(=O)COC(=O)c1ccc(N2CCC[C@H](C)C2)c([N+](=O)[O-])c1. The van der Waals surface area contributed by atoms with Crippen LogP contribution in [0.5, 0.6) is 0 Å². The third-order valence-electron chi connectivity index (χ3n) is 4.85. The van der Waals surface area contributed by atoms with Gasteiger partial charge in [-0.25, -0.2) is 4.79 Å². The topological polar surface area (TPSA) is 93.0 Å². The van der Waals surface area contributed by atoms with Crippen LogP contribution >= 0.6 is 0 Å². The fraction of sp³-hybridized carbons (Fsp3) is 0.579. The van der Waals surface area contributed by atoms with E-state index in [1.54, 1.807) is 11.0 Å². The van der Waals surface area contributed by atoms with Crippen molar-refractivity contribution in [2.24, 2.45) is 5.92 Å². The number of esters is 1. The Morgan fingerprint density at radius 2 is 2.04 bits per heavy atom. The molecule has 1 aliphatic rings. The zero-order chi connectivity index (χ0) is 20.0. The highest BCUT2D eigenvalue weighted by Gasteiger charge is 2.25. The number of nitro benzene ring substituents is 1. The molecule has 2 rings (SSSR count). The van der Waals surface area contributed by atoms with Gasteiger partial charge >= 0.3 is 5.97 Å². The Morgan fingerprint density at radius 1 is 1.33 bits per heavy atom. The number of anilines is 1. The van der Waals surface area contributed by atoms with Crippen molar-refractivity contribution < 1.29 is 19.2 Å². The summed E-state index contributed by atoms with van der Waals surface area (Å²) in [6.07, 6.45) is 2.09. The van der Waals surface area contributed by atoms with E-state index in [-0.39, 0.29) is 23.8 Å².